The van der Waals surface area contributed by atoms with Gasteiger partial charge in [0.1, 0.15) is 6.61 Å². The third-order valence-corrected chi connectivity index (χ3v) is 4.73. The van der Waals surface area contributed by atoms with Gasteiger partial charge in [-0.25, -0.2) is 9.48 Å². The number of rotatable bonds is 5. The van der Waals surface area contributed by atoms with Gasteiger partial charge in [-0.1, -0.05) is 78.4 Å². The number of aryl methyl sites for hydroxylation is 1. The number of carbonyl (C=O) groups excluding carboxylic acids is 1. The van der Waals surface area contributed by atoms with Crippen molar-refractivity contribution < 1.29 is 9.53 Å². The van der Waals surface area contributed by atoms with Gasteiger partial charge in [-0.05, 0) is 24.1 Å². The van der Waals surface area contributed by atoms with Crippen LogP contribution in [0, 0.1) is 6.92 Å². The number of carbonyl (C=O) groups is 1. The Morgan fingerprint density at radius 1 is 0.862 bits per heavy atom. The van der Waals surface area contributed by atoms with E-state index < -0.39 is 5.97 Å². The molecular formula is C24H20N2O3. The van der Waals surface area contributed by atoms with Gasteiger partial charge in [0.05, 0.1) is 11.9 Å². The van der Waals surface area contributed by atoms with Gasteiger partial charge in [-0.15, -0.1) is 0 Å². The highest BCUT2D eigenvalue weighted by atomic mass is 16.5. The molecule has 0 saturated carbocycles. The summed E-state index contributed by atoms with van der Waals surface area (Å²) in [5, 5.41) is 5.29. The summed E-state index contributed by atoms with van der Waals surface area (Å²) < 4.78 is 6.81. The number of nitrogens with zero attached hydrogens (tertiary/aromatic N) is 2. The Labute approximate surface area is 168 Å². The molecule has 0 spiro atoms. The fraction of sp³-hybridized carbons (Fsp3) is 0.125. The lowest BCUT2D eigenvalue weighted by Crippen LogP contribution is -2.27. The van der Waals surface area contributed by atoms with Crippen LogP contribution in [-0.4, -0.2) is 15.7 Å². The molecule has 0 amide bonds. The predicted octanol–water partition coefficient (Wildman–Crippen LogP) is 4.11. The lowest BCUT2D eigenvalue weighted by Gasteiger charge is -2.11. The van der Waals surface area contributed by atoms with E-state index in [1.165, 1.54) is 4.68 Å². The van der Waals surface area contributed by atoms with Gasteiger partial charge in [0.2, 0.25) is 0 Å². The van der Waals surface area contributed by atoms with Crippen molar-refractivity contribution in [1.82, 2.24) is 9.78 Å². The Bertz CT molecular complexity index is 1210. The Balaban J connectivity index is 1.68. The van der Waals surface area contributed by atoms with E-state index in [0.29, 0.717) is 10.8 Å². The quantitative estimate of drug-likeness (QED) is 0.486. The molecule has 3 aromatic carbocycles. The van der Waals surface area contributed by atoms with E-state index >= 15 is 0 Å². The lowest BCUT2D eigenvalue weighted by molar-refractivity contribution is 0.0465. The number of hydrogen-bond acceptors (Lipinski definition) is 4. The van der Waals surface area contributed by atoms with Crippen LogP contribution < -0.4 is 5.56 Å². The zero-order chi connectivity index (χ0) is 20.2. The molecule has 0 saturated heterocycles. The molecule has 144 valence electrons. The maximum Gasteiger partial charge on any atom is 0.359 e. The molecule has 5 heteroatoms. The Morgan fingerprint density at radius 2 is 1.52 bits per heavy atom. The summed E-state index contributed by atoms with van der Waals surface area (Å²) in [6, 6.07) is 24.3. The van der Waals surface area contributed by atoms with Crippen molar-refractivity contribution in [3.63, 3.8) is 0 Å². The average molecular weight is 384 g/mol. The predicted molar refractivity (Wildman–Crippen MR) is 112 cm³/mol. The van der Waals surface area contributed by atoms with E-state index in [0.717, 1.165) is 16.7 Å². The number of aromatic nitrogens is 2. The minimum Gasteiger partial charge on any atom is -0.456 e. The molecule has 4 rings (SSSR count). The zero-order valence-electron chi connectivity index (χ0n) is 16.0. The van der Waals surface area contributed by atoms with E-state index in [1.54, 1.807) is 24.3 Å². The molecule has 0 atom stereocenters. The summed E-state index contributed by atoms with van der Waals surface area (Å²) in [6.45, 7) is 2.43. The highest BCUT2D eigenvalue weighted by molar-refractivity contribution is 6.02. The Hall–Kier alpha value is -3.73. The first-order valence-corrected chi connectivity index (χ1v) is 9.38. The second kappa shape index (κ2) is 8.10. The Morgan fingerprint density at radius 3 is 2.24 bits per heavy atom. The molecule has 1 heterocycles. The average Bonchev–Trinajstić information content (AvgIpc) is 2.76. The molecule has 1 aromatic heterocycles. The van der Waals surface area contributed by atoms with E-state index in [2.05, 4.69) is 5.10 Å². The molecule has 0 aliphatic heterocycles. The van der Waals surface area contributed by atoms with Crippen molar-refractivity contribution in [3.8, 4) is 0 Å². The van der Waals surface area contributed by atoms with Gasteiger partial charge < -0.3 is 4.74 Å². The largest absolute Gasteiger partial charge is 0.456 e. The van der Waals surface area contributed by atoms with Gasteiger partial charge in [-0.2, -0.15) is 5.10 Å². The van der Waals surface area contributed by atoms with Gasteiger partial charge in [0.15, 0.2) is 5.69 Å². The fourth-order valence-corrected chi connectivity index (χ4v) is 3.15. The third kappa shape index (κ3) is 4.09. The van der Waals surface area contributed by atoms with Crippen LogP contribution in [0.15, 0.2) is 83.7 Å². The molecule has 0 aliphatic carbocycles. The number of ether oxygens (including phenoxy) is 1. The summed E-state index contributed by atoms with van der Waals surface area (Å²) in [5.74, 6) is -0.552. The minimum absolute atomic E-state index is 0.142. The van der Waals surface area contributed by atoms with Crippen molar-refractivity contribution >= 4 is 16.7 Å². The van der Waals surface area contributed by atoms with Crippen LogP contribution in [0.5, 0.6) is 0 Å². The highest BCUT2D eigenvalue weighted by Gasteiger charge is 2.18. The van der Waals surface area contributed by atoms with Crippen LogP contribution in [0.1, 0.15) is 27.2 Å². The molecule has 0 bridgehead atoms. The zero-order valence-corrected chi connectivity index (χ0v) is 16.0. The van der Waals surface area contributed by atoms with E-state index in [9.17, 15) is 9.59 Å². The first-order chi connectivity index (χ1) is 14.1. The second-order valence-electron chi connectivity index (χ2n) is 6.90. The van der Waals surface area contributed by atoms with Gasteiger partial charge >= 0.3 is 5.97 Å². The summed E-state index contributed by atoms with van der Waals surface area (Å²) >= 11 is 0. The van der Waals surface area contributed by atoms with Crippen LogP contribution >= 0.6 is 0 Å². The standard InChI is InChI=1S/C24H20N2O3/c1-17-11-13-19(14-12-17)16-29-24(28)22-20-9-5-6-10-21(20)23(27)26(25-22)15-18-7-3-2-4-8-18/h2-14H,15-16H2,1H3. The van der Waals surface area contributed by atoms with E-state index in [1.807, 2.05) is 61.5 Å². The first-order valence-electron chi connectivity index (χ1n) is 9.38. The number of benzene rings is 3. The molecular weight excluding hydrogens is 364 g/mol. The minimum atomic E-state index is -0.552. The molecule has 0 N–H and O–H groups in total. The smallest absolute Gasteiger partial charge is 0.359 e. The molecule has 0 unspecified atom stereocenters. The SMILES string of the molecule is Cc1ccc(COC(=O)c2nn(Cc3ccccc3)c(=O)c3ccccc23)cc1. The van der Waals surface area contributed by atoms with Crippen molar-refractivity contribution in [3.05, 3.63) is 112 Å². The van der Waals surface area contributed by atoms with Crippen molar-refractivity contribution in [2.24, 2.45) is 0 Å². The van der Waals surface area contributed by atoms with Crippen molar-refractivity contribution in [2.45, 2.75) is 20.1 Å². The number of esters is 1. The van der Waals surface area contributed by atoms with Crippen LogP contribution in [0.2, 0.25) is 0 Å². The summed E-state index contributed by atoms with van der Waals surface area (Å²) in [4.78, 5) is 25.7. The lowest BCUT2D eigenvalue weighted by atomic mass is 10.1. The second-order valence-corrected chi connectivity index (χ2v) is 6.90. The van der Waals surface area contributed by atoms with Crippen molar-refractivity contribution in [1.29, 1.82) is 0 Å². The highest BCUT2D eigenvalue weighted by Crippen LogP contribution is 2.16. The summed E-state index contributed by atoms with van der Waals surface area (Å²) in [5.41, 5.74) is 2.87. The monoisotopic (exact) mass is 384 g/mol. The maximum absolute atomic E-state index is 12.9. The fourth-order valence-electron chi connectivity index (χ4n) is 3.15. The molecule has 5 nitrogen and oxygen atoms in total. The normalized spacial score (nSPS) is 10.8. The van der Waals surface area contributed by atoms with Gasteiger partial charge in [-0.3, -0.25) is 4.79 Å². The number of hydrogen-bond donors (Lipinski definition) is 0. The summed E-state index contributed by atoms with van der Waals surface area (Å²) in [6.07, 6.45) is 0. The van der Waals surface area contributed by atoms with E-state index in [-0.39, 0.29) is 24.4 Å². The number of fused-ring (bicyclic) bond motifs is 1. The topological polar surface area (TPSA) is 61.2 Å². The van der Waals surface area contributed by atoms with Gasteiger partial charge in [0.25, 0.3) is 5.56 Å². The summed E-state index contributed by atoms with van der Waals surface area (Å²) in [7, 11) is 0. The first kappa shape index (κ1) is 18.6. The van der Waals surface area contributed by atoms with Gasteiger partial charge in [0, 0.05) is 5.39 Å². The maximum atomic E-state index is 12.9. The third-order valence-electron chi connectivity index (χ3n) is 4.73. The Kier molecular flexibility index (Phi) is 5.20. The van der Waals surface area contributed by atoms with Crippen LogP contribution in [0.3, 0.4) is 0 Å². The van der Waals surface area contributed by atoms with E-state index in [4.69, 9.17) is 4.74 Å². The van der Waals surface area contributed by atoms with Crippen LogP contribution in [0.4, 0.5) is 0 Å². The molecule has 0 radical (unpaired) electrons. The van der Waals surface area contributed by atoms with Crippen LogP contribution in [-0.2, 0) is 17.9 Å². The van der Waals surface area contributed by atoms with Crippen LogP contribution in [0.25, 0.3) is 10.8 Å². The molecule has 29 heavy (non-hydrogen) atoms. The van der Waals surface area contributed by atoms with Crippen molar-refractivity contribution in [2.75, 3.05) is 0 Å². The molecule has 4 aromatic rings. The molecule has 0 fully saturated rings. The molecule has 0 aliphatic rings.